The molecule has 28 heavy (non-hydrogen) atoms. The Morgan fingerprint density at radius 2 is 2.00 bits per heavy atom. The van der Waals surface area contributed by atoms with Gasteiger partial charge < -0.3 is 4.57 Å². The number of thiazole rings is 1. The Morgan fingerprint density at radius 1 is 1.21 bits per heavy atom. The summed E-state index contributed by atoms with van der Waals surface area (Å²) in [5, 5.41) is 15.0. The molecule has 4 aromatic rings. The summed E-state index contributed by atoms with van der Waals surface area (Å²) in [6, 6.07) is 14.7. The van der Waals surface area contributed by atoms with Gasteiger partial charge in [-0.15, -0.1) is 11.3 Å². The summed E-state index contributed by atoms with van der Waals surface area (Å²) in [6.07, 6.45) is 3.76. The van der Waals surface area contributed by atoms with Crippen LogP contribution in [0.15, 0.2) is 42.6 Å². The number of para-hydroxylation sites is 1. The number of rotatable bonds is 4. The molecular formula is C22H21N5S. The van der Waals surface area contributed by atoms with Crippen molar-refractivity contribution in [2.75, 3.05) is 0 Å². The van der Waals surface area contributed by atoms with E-state index in [-0.39, 0.29) is 6.04 Å². The van der Waals surface area contributed by atoms with Crippen LogP contribution in [-0.4, -0.2) is 19.3 Å². The Kier molecular flexibility index (Phi) is 4.62. The van der Waals surface area contributed by atoms with Crippen LogP contribution in [0.25, 0.3) is 27.7 Å². The average Bonchev–Trinajstić information content (AvgIpc) is 3.37. The number of hydrogen-bond acceptors (Lipinski definition) is 4. The Hall–Kier alpha value is -3.17. The van der Waals surface area contributed by atoms with Crippen molar-refractivity contribution in [1.82, 2.24) is 19.3 Å². The molecule has 0 saturated carbocycles. The van der Waals surface area contributed by atoms with E-state index in [9.17, 15) is 5.26 Å². The largest absolute Gasteiger partial charge is 0.303 e. The summed E-state index contributed by atoms with van der Waals surface area (Å²) in [5.41, 5.74) is 4.71. The summed E-state index contributed by atoms with van der Waals surface area (Å²) >= 11 is 1.55. The lowest BCUT2D eigenvalue weighted by Gasteiger charge is -2.15. The third kappa shape index (κ3) is 3.04. The van der Waals surface area contributed by atoms with E-state index in [0.29, 0.717) is 5.57 Å². The first-order chi connectivity index (χ1) is 13.5. The SMILES string of the molecule is Cc1cc(/C=C(\C#N)c2nc3ccccc3s2)c(C)n1-c1ccnn1C(C)C. The molecule has 0 aliphatic heterocycles. The molecule has 0 N–H and O–H groups in total. The molecule has 0 bridgehead atoms. The Labute approximate surface area is 168 Å². The van der Waals surface area contributed by atoms with Gasteiger partial charge in [0.05, 0.1) is 22.0 Å². The van der Waals surface area contributed by atoms with Crippen molar-refractivity contribution in [3.05, 3.63) is 64.6 Å². The standard InChI is InChI=1S/C22H21N5S/c1-14(2)27-21(9-10-24-27)26-15(3)11-17(16(26)4)12-18(13-23)22-25-19-7-5-6-8-20(19)28-22/h5-12,14H,1-4H3/b18-12+. The minimum absolute atomic E-state index is 0.266. The van der Waals surface area contributed by atoms with Crippen LogP contribution in [-0.2, 0) is 0 Å². The molecule has 4 rings (SSSR count). The minimum atomic E-state index is 0.266. The maximum atomic E-state index is 9.76. The van der Waals surface area contributed by atoms with E-state index < -0.39 is 0 Å². The molecule has 0 fully saturated rings. The maximum absolute atomic E-state index is 9.76. The number of aromatic nitrogens is 4. The molecule has 0 atom stereocenters. The number of allylic oxidation sites excluding steroid dienone is 1. The van der Waals surface area contributed by atoms with Crippen molar-refractivity contribution in [2.45, 2.75) is 33.7 Å². The predicted octanol–water partition coefficient (Wildman–Crippen LogP) is 5.55. The van der Waals surface area contributed by atoms with Gasteiger partial charge in [0.2, 0.25) is 0 Å². The van der Waals surface area contributed by atoms with Crippen LogP contribution in [0.5, 0.6) is 0 Å². The van der Waals surface area contributed by atoms with E-state index in [4.69, 9.17) is 0 Å². The molecule has 3 aromatic heterocycles. The average molecular weight is 388 g/mol. The first-order valence-electron chi connectivity index (χ1n) is 9.20. The van der Waals surface area contributed by atoms with Gasteiger partial charge in [0.25, 0.3) is 0 Å². The number of fused-ring (bicyclic) bond motifs is 1. The van der Waals surface area contributed by atoms with Crippen LogP contribution < -0.4 is 0 Å². The molecule has 3 heterocycles. The number of benzene rings is 1. The second-order valence-corrected chi connectivity index (χ2v) is 8.08. The number of hydrogen-bond donors (Lipinski definition) is 0. The van der Waals surface area contributed by atoms with Gasteiger partial charge in [0.1, 0.15) is 16.9 Å². The highest BCUT2D eigenvalue weighted by atomic mass is 32.1. The highest BCUT2D eigenvalue weighted by Gasteiger charge is 2.16. The molecule has 6 heteroatoms. The Bertz CT molecular complexity index is 1200. The van der Waals surface area contributed by atoms with Gasteiger partial charge in [0.15, 0.2) is 0 Å². The van der Waals surface area contributed by atoms with E-state index in [0.717, 1.165) is 38.0 Å². The molecule has 0 radical (unpaired) electrons. The smallest absolute Gasteiger partial charge is 0.135 e. The first-order valence-corrected chi connectivity index (χ1v) is 10.0. The number of nitrogens with zero attached hydrogens (tertiary/aromatic N) is 5. The van der Waals surface area contributed by atoms with Gasteiger partial charge in [-0.3, -0.25) is 0 Å². The molecule has 0 spiro atoms. The van der Waals surface area contributed by atoms with Crippen molar-refractivity contribution >= 4 is 33.2 Å². The third-order valence-corrected chi connectivity index (χ3v) is 5.85. The van der Waals surface area contributed by atoms with Crippen LogP contribution in [0.4, 0.5) is 0 Å². The second kappa shape index (κ2) is 7.10. The summed E-state index contributed by atoms with van der Waals surface area (Å²) in [6.45, 7) is 8.38. The van der Waals surface area contributed by atoms with Gasteiger partial charge in [-0.25, -0.2) is 9.67 Å². The zero-order chi connectivity index (χ0) is 19.8. The topological polar surface area (TPSA) is 59.4 Å². The van der Waals surface area contributed by atoms with E-state index in [1.807, 2.05) is 47.3 Å². The van der Waals surface area contributed by atoms with Crippen molar-refractivity contribution in [3.8, 4) is 11.9 Å². The van der Waals surface area contributed by atoms with Crippen LogP contribution in [0, 0.1) is 25.2 Å². The molecule has 1 aromatic carbocycles. The van der Waals surface area contributed by atoms with Gasteiger partial charge in [-0.05, 0) is 57.5 Å². The zero-order valence-electron chi connectivity index (χ0n) is 16.3. The van der Waals surface area contributed by atoms with Crippen molar-refractivity contribution in [2.24, 2.45) is 0 Å². The van der Waals surface area contributed by atoms with Gasteiger partial charge >= 0.3 is 0 Å². The van der Waals surface area contributed by atoms with Crippen LogP contribution in [0.1, 0.15) is 41.8 Å². The molecule has 0 amide bonds. The Balaban J connectivity index is 1.81. The normalized spacial score (nSPS) is 12.1. The predicted molar refractivity (Wildman–Crippen MR) is 115 cm³/mol. The molecule has 0 aliphatic carbocycles. The van der Waals surface area contributed by atoms with Crippen molar-refractivity contribution in [3.63, 3.8) is 0 Å². The zero-order valence-corrected chi connectivity index (χ0v) is 17.2. The first kappa shape index (κ1) is 18.2. The molecule has 0 unspecified atom stereocenters. The lowest BCUT2D eigenvalue weighted by molar-refractivity contribution is 0.519. The van der Waals surface area contributed by atoms with Crippen molar-refractivity contribution in [1.29, 1.82) is 5.26 Å². The minimum Gasteiger partial charge on any atom is -0.303 e. The molecule has 140 valence electrons. The Morgan fingerprint density at radius 3 is 2.71 bits per heavy atom. The number of aryl methyl sites for hydroxylation is 1. The molecule has 0 saturated heterocycles. The quantitative estimate of drug-likeness (QED) is 0.432. The fourth-order valence-corrected chi connectivity index (χ4v) is 4.38. The van der Waals surface area contributed by atoms with E-state index in [1.165, 1.54) is 0 Å². The molecular weight excluding hydrogens is 366 g/mol. The maximum Gasteiger partial charge on any atom is 0.135 e. The van der Waals surface area contributed by atoms with Gasteiger partial charge in [0, 0.05) is 23.5 Å². The van der Waals surface area contributed by atoms with E-state index in [2.05, 4.69) is 54.5 Å². The van der Waals surface area contributed by atoms with Crippen molar-refractivity contribution < 1.29 is 0 Å². The summed E-state index contributed by atoms with van der Waals surface area (Å²) in [4.78, 5) is 4.63. The molecule has 0 aliphatic rings. The highest BCUT2D eigenvalue weighted by Crippen LogP contribution is 2.30. The summed E-state index contributed by atoms with van der Waals surface area (Å²) in [7, 11) is 0. The van der Waals surface area contributed by atoms with Crippen LogP contribution >= 0.6 is 11.3 Å². The highest BCUT2D eigenvalue weighted by molar-refractivity contribution is 7.19. The molecule has 5 nitrogen and oxygen atoms in total. The van der Waals surface area contributed by atoms with E-state index >= 15 is 0 Å². The fraction of sp³-hybridized carbons (Fsp3) is 0.227. The number of nitriles is 1. The van der Waals surface area contributed by atoms with Crippen LogP contribution in [0.2, 0.25) is 0 Å². The summed E-state index contributed by atoms with van der Waals surface area (Å²) < 4.78 is 5.28. The monoisotopic (exact) mass is 387 g/mol. The van der Waals surface area contributed by atoms with Crippen LogP contribution in [0.3, 0.4) is 0 Å². The second-order valence-electron chi connectivity index (χ2n) is 7.05. The lowest BCUT2D eigenvalue weighted by atomic mass is 10.1. The van der Waals surface area contributed by atoms with Gasteiger partial charge in [-0.2, -0.15) is 10.4 Å². The van der Waals surface area contributed by atoms with E-state index in [1.54, 1.807) is 11.3 Å². The third-order valence-electron chi connectivity index (χ3n) is 4.78. The van der Waals surface area contributed by atoms with Gasteiger partial charge in [-0.1, -0.05) is 12.1 Å². The fourth-order valence-electron chi connectivity index (χ4n) is 3.45. The summed E-state index contributed by atoms with van der Waals surface area (Å²) in [5.74, 6) is 1.03. The lowest BCUT2D eigenvalue weighted by Crippen LogP contribution is -2.11.